The number of nitrogens with zero attached hydrogens (tertiary/aromatic N) is 3. The summed E-state index contributed by atoms with van der Waals surface area (Å²) in [6.07, 6.45) is 0. The molecule has 0 radical (unpaired) electrons. The molecule has 0 atom stereocenters. The summed E-state index contributed by atoms with van der Waals surface area (Å²) in [6, 6.07) is 5.06. The predicted molar refractivity (Wildman–Crippen MR) is 50.3 cm³/mol. The minimum atomic E-state index is -0.664. The molecule has 6 nitrogen and oxygen atoms in total. The van der Waals surface area contributed by atoms with Crippen LogP contribution in [0.15, 0.2) is 18.2 Å². The number of anilines is 1. The number of hydrogen-bond acceptors (Lipinski definition) is 5. The molecule has 0 bridgehead atoms. The molecular weight excluding hydrogens is 182 g/mol. The second kappa shape index (κ2) is 2.91. The topological polar surface area (TPSA) is 108 Å². The van der Waals surface area contributed by atoms with Crippen molar-refractivity contribution in [3.05, 3.63) is 23.9 Å². The molecule has 2 rings (SSSR count). The molecule has 1 aromatic carbocycles. The summed E-state index contributed by atoms with van der Waals surface area (Å²) in [6.45, 7) is 0. The van der Waals surface area contributed by atoms with E-state index in [2.05, 4.69) is 15.4 Å². The van der Waals surface area contributed by atoms with Crippen LogP contribution in [0.1, 0.15) is 10.5 Å². The number of amides is 1. The lowest BCUT2D eigenvalue weighted by Gasteiger charge is -2.02. The van der Waals surface area contributed by atoms with Gasteiger partial charge >= 0.3 is 0 Å². The summed E-state index contributed by atoms with van der Waals surface area (Å²) >= 11 is 0. The Kier molecular flexibility index (Phi) is 1.74. The largest absolute Gasteiger partial charge is 0.398 e. The Hall–Kier alpha value is -2.24. The van der Waals surface area contributed by atoms with Crippen molar-refractivity contribution in [1.29, 1.82) is 0 Å². The van der Waals surface area contributed by atoms with Gasteiger partial charge in [-0.1, -0.05) is 6.07 Å². The molecule has 1 heterocycles. The van der Waals surface area contributed by atoms with Gasteiger partial charge in [-0.3, -0.25) is 4.79 Å². The van der Waals surface area contributed by atoms with Crippen molar-refractivity contribution in [2.24, 2.45) is 5.73 Å². The molecular formula is C8H7N5O. The van der Waals surface area contributed by atoms with Crippen LogP contribution in [0.25, 0.3) is 10.9 Å². The molecule has 1 aromatic heterocycles. The molecule has 0 aliphatic rings. The van der Waals surface area contributed by atoms with Crippen molar-refractivity contribution < 1.29 is 4.79 Å². The van der Waals surface area contributed by atoms with Crippen molar-refractivity contribution in [3.63, 3.8) is 0 Å². The summed E-state index contributed by atoms with van der Waals surface area (Å²) in [7, 11) is 0. The van der Waals surface area contributed by atoms with Crippen molar-refractivity contribution >= 4 is 22.5 Å². The fourth-order valence-electron chi connectivity index (χ4n) is 1.24. The van der Waals surface area contributed by atoms with Crippen LogP contribution in [0.2, 0.25) is 0 Å². The van der Waals surface area contributed by atoms with Gasteiger partial charge in [0, 0.05) is 5.69 Å². The summed E-state index contributed by atoms with van der Waals surface area (Å²) in [5, 5.41) is 11.2. The van der Waals surface area contributed by atoms with Gasteiger partial charge in [-0.05, 0) is 17.3 Å². The number of carbonyl (C=O) groups is 1. The lowest BCUT2D eigenvalue weighted by Crippen LogP contribution is -2.15. The second-order valence-corrected chi connectivity index (χ2v) is 2.74. The molecule has 2 aromatic rings. The Morgan fingerprint density at radius 2 is 2.07 bits per heavy atom. The monoisotopic (exact) mass is 189 g/mol. The number of hydrogen-bond donors (Lipinski definition) is 2. The van der Waals surface area contributed by atoms with Crippen LogP contribution < -0.4 is 11.5 Å². The number of fused-ring (bicyclic) bond motifs is 1. The Morgan fingerprint density at radius 1 is 1.29 bits per heavy atom. The van der Waals surface area contributed by atoms with Crippen LogP contribution in [0.4, 0.5) is 5.69 Å². The van der Waals surface area contributed by atoms with Crippen LogP contribution in [0.5, 0.6) is 0 Å². The lowest BCUT2D eigenvalue weighted by atomic mass is 10.1. The summed E-state index contributed by atoms with van der Waals surface area (Å²) in [5.41, 5.74) is 11.8. The first-order chi connectivity index (χ1) is 6.70. The first-order valence-corrected chi connectivity index (χ1v) is 3.87. The molecule has 0 saturated heterocycles. The van der Waals surface area contributed by atoms with Crippen molar-refractivity contribution in [1.82, 2.24) is 15.4 Å². The minimum absolute atomic E-state index is 0.0492. The zero-order valence-corrected chi connectivity index (χ0v) is 7.14. The van der Waals surface area contributed by atoms with Crippen molar-refractivity contribution in [2.75, 3.05) is 5.73 Å². The number of nitrogens with two attached hydrogens (primary N) is 2. The molecule has 0 spiro atoms. The first kappa shape index (κ1) is 8.36. The molecule has 0 saturated carbocycles. The van der Waals surface area contributed by atoms with Crippen LogP contribution in [0.3, 0.4) is 0 Å². The third kappa shape index (κ3) is 1.13. The quantitative estimate of drug-likeness (QED) is 0.599. The maximum atomic E-state index is 11.0. The van der Waals surface area contributed by atoms with E-state index in [0.29, 0.717) is 16.6 Å². The van der Waals surface area contributed by atoms with Gasteiger partial charge in [-0.2, -0.15) is 0 Å². The van der Waals surface area contributed by atoms with Gasteiger partial charge in [0.2, 0.25) is 0 Å². The maximum absolute atomic E-state index is 11.0. The number of primary amides is 1. The zero-order chi connectivity index (χ0) is 10.1. The van der Waals surface area contributed by atoms with Gasteiger partial charge < -0.3 is 11.5 Å². The molecule has 0 unspecified atom stereocenters. The second-order valence-electron chi connectivity index (χ2n) is 2.74. The summed E-state index contributed by atoms with van der Waals surface area (Å²) in [5.74, 6) is -0.664. The first-order valence-electron chi connectivity index (χ1n) is 3.87. The molecule has 0 fully saturated rings. The zero-order valence-electron chi connectivity index (χ0n) is 7.14. The van der Waals surface area contributed by atoms with E-state index in [1.165, 1.54) is 0 Å². The molecule has 14 heavy (non-hydrogen) atoms. The third-order valence-electron chi connectivity index (χ3n) is 1.84. The highest BCUT2D eigenvalue weighted by molar-refractivity contribution is 6.07. The number of aromatic nitrogens is 3. The van der Waals surface area contributed by atoms with Gasteiger partial charge in [0.15, 0.2) is 5.69 Å². The van der Waals surface area contributed by atoms with E-state index < -0.39 is 5.91 Å². The third-order valence-corrected chi connectivity index (χ3v) is 1.84. The fourth-order valence-corrected chi connectivity index (χ4v) is 1.24. The number of nitrogen functional groups attached to an aromatic ring is 1. The average molecular weight is 189 g/mol. The SMILES string of the molecule is NC(=O)c1nnnc2cccc(N)c12. The maximum Gasteiger partial charge on any atom is 0.270 e. The van der Waals surface area contributed by atoms with Gasteiger partial charge in [-0.25, -0.2) is 0 Å². The van der Waals surface area contributed by atoms with Crippen LogP contribution >= 0.6 is 0 Å². The highest BCUT2D eigenvalue weighted by Crippen LogP contribution is 2.20. The molecule has 1 amide bonds. The van der Waals surface area contributed by atoms with Crippen molar-refractivity contribution in [3.8, 4) is 0 Å². The van der Waals surface area contributed by atoms with E-state index in [-0.39, 0.29) is 5.69 Å². The van der Waals surface area contributed by atoms with Gasteiger partial charge in [0.1, 0.15) is 0 Å². The number of benzene rings is 1. The predicted octanol–water partition coefficient (Wildman–Crippen LogP) is -0.294. The normalized spacial score (nSPS) is 10.3. The van der Waals surface area contributed by atoms with E-state index in [1.807, 2.05) is 0 Å². The van der Waals surface area contributed by atoms with Crippen LogP contribution in [-0.4, -0.2) is 21.3 Å². The standard InChI is InChI=1S/C8H7N5O/c9-4-2-1-3-5-6(4)7(8(10)14)12-13-11-5/h1-3H,9H2,(H2,10,14). The van der Waals surface area contributed by atoms with Crippen LogP contribution in [-0.2, 0) is 0 Å². The molecule has 6 heteroatoms. The van der Waals surface area contributed by atoms with E-state index in [4.69, 9.17) is 11.5 Å². The van der Waals surface area contributed by atoms with E-state index in [9.17, 15) is 4.79 Å². The molecule has 0 aliphatic heterocycles. The Bertz CT molecular complexity index is 505. The summed E-state index contributed by atoms with van der Waals surface area (Å²) < 4.78 is 0. The minimum Gasteiger partial charge on any atom is -0.398 e. The van der Waals surface area contributed by atoms with Crippen LogP contribution in [0, 0.1) is 0 Å². The van der Waals surface area contributed by atoms with E-state index in [1.54, 1.807) is 18.2 Å². The molecule has 4 N–H and O–H groups in total. The lowest BCUT2D eigenvalue weighted by molar-refractivity contribution is 0.0996. The Balaban J connectivity index is 2.91. The molecule has 70 valence electrons. The molecule has 0 aliphatic carbocycles. The fraction of sp³-hybridized carbons (Fsp3) is 0. The highest BCUT2D eigenvalue weighted by Gasteiger charge is 2.11. The smallest absolute Gasteiger partial charge is 0.270 e. The highest BCUT2D eigenvalue weighted by atomic mass is 16.1. The van der Waals surface area contributed by atoms with Gasteiger partial charge in [-0.15, -0.1) is 10.2 Å². The Labute approximate surface area is 78.9 Å². The van der Waals surface area contributed by atoms with E-state index >= 15 is 0 Å². The van der Waals surface area contributed by atoms with Crippen molar-refractivity contribution in [2.45, 2.75) is 0 Å². The van der Waals surface area contributed by atoms with E-state index in [0.717, 1.165) is 0 Å². The summed E-state index contributed by atoms with van der Waals surface area (Å²) in [4.78, 5) is 11.0. The van der Waals surface area contributed by atoms with Gasteiger partial charge in [0.25, 0.3) is 5.91 Å². The Morgan fingerprint density at radius 3 is 2.79 bits per heavy atom. The number of carbonyl (C=O) groups excluding carboxylic acids is 1. The average Bonchev–Trinajstić information content (AvgIpc) is 2.17. The number of rotatable bonds is 1. The van der Waals surface area contributed by atoms with Gasteiger partial charge in [0.05, 0.1) is 10.9 Å².